The predicted molar refractivity (Wildman–Crippen MR) is 71.1 cm³/mol. The Hall–Kier alpha value is -1.82. The molecule has 2 heterocycles. The smallest absolute Gasteiger partial charge is 0.227 e. The van der Waals surface area contributed by atoms with Crippen LogP contribution in [0.2, 0.25) is 0 Å². The van der Waals surface area contributed by atoms with E-state index in [1.165, 1.54) is 0 Å². The Balaban J connectivity index is 1.99. The third kappa shape index (κ3) is 3.82. The van der Waals surface area contributed by atoms with E-state index in [4.69, 9.17) is 10.3 Å². The summed E-state index contributed by atoms with van der Waals surface area (Å²) in [5.74, 6) is 1.12. The van der Waals surface area contributed by atoms with Gasteiger partial charge in [-0.2, -0.15) is 4.98 Å². The minimum absolute atomic E-state index is 0.190. The molecule has 0 aliphatic heterocycles. The molecule has 2 aromatic heterocycles. The molecule has 6 nitrogen and oxygen atoms in total. The first-order valence-electron chi connectivity index (χ1n) is 6.40. The van der Waals surface area contributed by atoms with Gasteiger partial charge in [0.05, 0.1) is 6.20 Å². The van der Waals surface area contributed by atoms with Crippen LogP contribution in [0.4, 0.5) is 0 Å². The molecule has 0 spiro atoms. The van der Waals surface area contributed by atoms with Gasteiger partial charge in [0, 0.05) is 18.8 Å². The lowest BCUT2D eigenvalue weighted by molar-refractivity contribution is 0.289. The van der Waals surface area contributed by atoms with Gasteiger partial charge in [0.1, 0.15) is 5.69 Å². The number of nitrogens with zero attached hydrogens (tertiary/aromatic N) is 4. The fourth-order valence-corrected chi connectivity index (χ4v) is 1.84. The molecule has 2 N–H and O–H groups in total. The van der Waals surface area contributed by atoms with Gasteiger partial charge in [0.25, 0.3) is 0 Å². The zero-order chi connectivity index (χ0) is 13.7. The maximum atomic E-state index is 5.60. The number of rotatable bonds is 6. The minimum Gasteiger partial charge on any atom is -0.339 e. The molecule has 0 saturated carbocycles. The summed E-state index contributed by atoms with van der Waals surface area (Å²) in [6.07, 6.45) is 7.53. The maximum absolute atomic E-state index is 5.60. The first-order chi connectivity index (χ1) is 9.11. The Kier molecular flexibility index (Phi) is 4.21. The Morgan fingerprint density at radius 2 is 2.11 bits per heavy atom. The molecule has 102 valence electrons. The van der Waals surface area contributed by atoms with Gasteiger partial charge in [0.15, 0.2) is 0 Å². The molecule has 19 heavy (non-hydrogen) atoms. The van der Waals surface area contributed by atoms with Crippen molar-refractivity contribution < 1.29 is 4.52 Å². The molecule has 2 rings (SSSR count). The van der Waals surface area contributed by atoms with Crippen molar-refractivity contribution in [2.75, 3.05) is 6.54 Å². The van der Waals surface area contributed by atoms with E-state index in [2.05, 4.69) is 34.0 Å². The second-order valence-corrected chi connectivity index (χ2v) is 5.31. The zero-order valence-corrected chi connectivity index (χ0v) is 11.3. The molecule has 0 bridgehead atoms. The molecule has 0 aliphatic rings. The molecule has 2 aromatic rings. The van der Waals surface area contributed by atoms with E-state index in [0.717, 1.165) is 19.3 Å². The second-order valence-electron chi connectivity index (χ2n) is 5.31. The highest BCUT2D eigenvalue weighted by molar-refractivity contribution is 5.45. The van der Waals surface area contributed by atoms with Crippen molar-refractivity contribution >= 4 is 0 Å². The molecule has 0 saturated heterocycles. The number of aromatic nitrogens is 4. The van der Waals surface area contributed by atoms with Gasteiger partial charge in [-0.15, -0.1) is 0 Å². The van der Waals surface area contributed by atoms with Crippen molar-refractivity contribution in [2.24, 2.45) is 11.1 Å². The lowest BCUT2D eigenvalue weighted by Gasteiger charge is -2.22. The SMILES string of the molecule is CC(C)(CCN)CCc1nc(-c2cnccn2)no1. The van der Waals surface area contributed by atoms with Crippen molar-refractivity contribution in [3.05, 3.63) is 24.5 Å². The van der Waals surface area contributed by atoms with E-state index in [9.17, 15) is 0 Å². The van der Waals surface area contributed by atoms with Crippen LogP contribution in [0.5, 0.6) is 0 Å². The van der Waals surface area contributed by atoms with Crippen LogP contribution in [0.15, 0.2) is 23.1 Å². The Labute approximate surface area is 112 Å². The molecular weight excluding hydrogens is 242 g/mol. The summed E-state index contributed by atoms with van der Waals surface area (Å²) in [5, 5.41) is 3.92. The summed E-state index contributed by atoms with van der Waals surface area (Å²) in [7, 11) is 0. The largest absolute Gasteiger partial charge is 0.339 e. The fourth-order valence-electron chi connectivity index (χ4n) is 1.84. The van der Waals surface area contributed by atoms with Crippen molar-refractivity contribution in [1.29, 1.82) is 0 Å². The number of aryl methyl sites for hydroxylation is 1. The van der Waals surface area contributed by atoms with E-state index in [0.29, 0.717) is 24.0 Å². The molecular formula is C13H19N5O. The molecule has 0 atom stereocenters. The second kappa shape index (κ2) is 5.88. The molecule has 0 radical (unpaired) electrons. The van der Waals surface area contributed by atoms with E-state index in [1.807, 2.05) is 0 Å². The lowest BCUT2D eigenvalue weighted by Crippen LogP contribution is -2.17. The highest BCUT2D eigenvalue weighted by Crippen LogP contribution is 2.26. The summed E-state index contributed by atoms with van der Waals surface area (Å²) < 4.78 is 5.23. The summed E-state index contributed by atoms with van der Waals surface area (Å²) in [6.45, 7) is 5.08. The van der Waals surface area contributed by atoms with E-state index in [-0.39, 0.29) is 5.41 Å². The quantitative estimate of drug-likeness (QED) is 0.853. The van der Waals surface area contributed by atoms with E-state index in [1.54, 1.807) is 18.6 Å². The van der Waals surface area contributed by atoms with Crippen molar-refractivity contribution in [3.63, 3.8) is 0 Å². The molecule has 0 aliphatic carbocycles. The number of hydrogen-bond acceptors (Lipinski definition) is 6. The molecule has 0 fully saturated rings. The van der Waals surface area contributed by atoms with Gasteiger partial charge >= 0.3 is 0 Å². The Bertz CT molecular complexity index is 509. The van der Waals surface area contributed by atoms with E-state index < -0.39 is 0 Å². The molecule has 0 amide bonds. The monoisotopic (exact) mass is 261 g/mol. The average Bonchev–Trinajstić information content (AvgIpc) is 2.86. The highest BCUT2D eigenvalue weighted by atomic mass is 16.5. The van der Waals surface area contributed by atoms with Crippen LogP contribution < -0.4 is 5.73 Å². The number of hydrogen-bond donors (Lipinski definition) is 1. The normalized spacial score (nSPS) is 11.7. The number of nitrogens with two attached hydrogens (primary N) is 1. The van der Waals surface area contributed by atoms with E-state index >= 15 is 0 Å². The first kappa shape index (κ1) is 13.6. The van der Waals surface area contributed by atoms with Crippen molar-refractivity contribution in [2.45, 2.75) is 33.1 Å². The maximum Gasteiger partial charge on any atom is 0.227 e. The average molecular weight is 261 g/mol. The van der Waals surface area contributed by atoms with Gasteiger partial charge in [-0.25, -0.2) is 4.98 Å². The summed E-state index contributed by atoms with van der Waals surface area (Å²) in [4.78, 5) is 12.5. The van der Waals surface area contributed by atoms with Crippen LogP contribution in [0.3, 0.4) is 0 Å². The summed E-state index contributed by atoms with van der Waals surface area (Å²) in [5.41, 5.74) is 6.41. The standard InChI is InChI=1S/C13H19N5O/c1-13(2,5-6-14)4-3-11-17-12(18-19-11)10-9-15-7-8-16-10/h7-9H,3-6,14H2,1-2H3. The zero-order valence-electron chi connectivity index (χ0n) is 11.3. The van der Waals surface area contributed by atoms with Gasteiger partial charge in [0.2, 0.25) is 11.7 Å². The van der Waals surface area contributed by atoms with Crippen LogP contribution in [0, 0.1) is 5.41 Å². The Morgan fingerprint density at radius 3 is 2.79 bits per heavy atom. The topological polar surface area (TPSA) is 90.7 Å². The Morgan fingerprint density at radius 1 is 1.26 bits per heavy atom. The van der Waals surface area contributed by atoms with Crippen LogP contribution in [0.1, 0.15) is 32.6 Å². The van der Waals surface area contributed by atoms with Crippen LogP contribution >= 0.6 is 0 Å². The third-order valence-electron chi connectivity index (χ3n) is 3.10. The van der Waals surface area contributed by atoms with Gasteiger partial charge in [-0.3, -0.25) is 4.98 Å². The summed E-state index contributed by atoms with van der Waals surface area (Å²) >= 11 is 0. The first-order valence-corrected chi connectivity index (χ1v) is 6.40. The lowest BCUT2D eigenvalue weighted by atomic mass is 9.84. The summed E-state index contributed by atoms with van der Waals surface area (Å²) in [6, 6.07) is 0. The van der Waals surface area contributed by atoms with Crippen molar-refractivity contribution in [1.82, 2.24) is 20.1 Å². The minimum atomic E-state index is 0.190. The fraction of sp³-hybridized carbons (Fsp3) is 0.538. The highest BCUT2D eigenvalue weighted by Gasteiger charge is 2.19. The van der Waals surface area contributed by atoms with Crippen LogP contribution in [-0.4, -0.2) is 26.7 Å². The van der Waals surface area contributed by atoms with Crippen LogP contribution in [-0.2, 0) is 6.42 Å². The molecule has 6 heteroatoms. The molecule has 0 aromatic carbocycles. The van der Waals surface area contributed by atoms with Gasteiger partial charge < -0.3 is 10.3 Å². The van der Waals surface area contributed by atoms with Crippen molar-refractivity contribution in [3.8, 4) is 11.5 Å². The van der Waals surface area contributed by atoms with Gasteiger partial charge in [-0.05, 0) is 24.8 Å². The van der Waals surface area contributed by atoms with Crippen LogP contribution in [0.25, 0.3) is 11.5 Å². The third-order valence-corrected chi connectivity index (χ3v) is 3.10. The van der Waals surface area contributed by atoms with Gasteiger partial charge in [-0.1, -0.05) is 19.0 Å². The molecule has 0 unspecified atom stereocenters. The predicted octanol–water partition coefficient (Wildman–Crippen LogP) is 1.83.